The Bertz CT molecular complexity index is 994. The summed E-state index contributed by atoms with van der Waals surface area (Å²) in [6, 6.07) is 16.0. The van der Waals surface area contributed by atoms with Gasteiger partial charge in [-0.2, -0.15) is 0 Å². The molecule has 1 aromatic heterocycles. The SMILES string of the molecule is COc1ccc(-n2c(SCC(=O)N3CCCC3)nnc2-c2cccc(C)c2)cc1. The number of benzene rings is 2. The minimum atomic E-state index is 0.161. The van der Waals surface area contributed by atoms with Crippen molar-refractivity contribution in [1.29, 1.82) is 0 Å². The molecule has 0 aliphatic carbocycles. The second-order valence-corrected chi connectivity index (χ2v) is 8.03. The summed E-state index contributed by atoms with van der Waals surface area (Å²) in [4.78, 5) is 14.4. The van der Waals surface area contributed by atoms with Crippen LogP contribution < -0.4 is 4.74 Å². The Labute approximate surface area is 174 Å². The van der Waals surface area contributed by atoms with Crippen LogP contribution >= 0.6 is 11.8 Å². The molecule has 150 valence electrons. The fraction of sp³-hybridized carbons (Fsp3) is 0.318. The molecule has 0 spiro atoms. The number of rotatable bonds is 6. The topological polar surface area (TPSA) is 60.2 Å². The van der Waals surface area contributed by atoms with Crippen molar-refractivity contribution in [2.75, 3.05) is 26.0 Å². The molecular weight excluding hydrogens is 384 g/mol. The summed E-state index contributed by atoms with van der Waals surface area (Å²) < 4.78 is 7.30. The van der Waals surface area contributed by atoms with E-state index in [4.69, 9.17) is 4.74 Å². The van der Waals surface area contributed by atoms with E-state index in [1.807, 2.05) is 45.9 Å². The van der Waals surface area contributed by atoms with Gasteiger partial charge in [0.2, 0.25) is 5.91 Å². The smallest absolute Gasteiger partial charge is 0.233 e. The van der Waals surface area contributed by atoms with Gasteiger partial charge in [0.25, 0.3) is 0 Å². The number of carbonyl (C=O) groups is 1. The largest absolute Gasteiger partial charge is 0.497 e. The molecule has 2 heterocycles. The molecule has 1 aliphatic heterocycles. The van der Waals surface area contributed by atoms with Gasteiger partial charge in [0.15, 0.2) is 11.0 Å². The molecule has 3 aromatic rings. The molecule has 1 aliphatic rings. The van der Waals surface area contributed by atoms with Gasteiger partial charge in [-0.05, 0) is 50.1 Å². The van der Waals surface area contributed by atoms with Crippen LogP contribution in [-0.4, -0.2) is 51.5 Å². The molecule has 7 heteroatoms. The monoisotopic (exact) mass is 408 g/mol. The molecule has 0 bridgehead atoms. The average molecular weight is 409 g/mol. The van der Waals surface area contributed by atoms with Gasteiger partial charge in [0, 0.05) is 24.3 Å². The van der Waals surface area contributed by atoms with Gasteiger partial charge in [-0.1, -0.05) is 35.5 Å². The van der Waals surface area contributed by atoms with Crippen molar-refractivity contribution in [2.24, 2.45) is 0 Å². The van der Waals surface area contributed by atoms with Gasteiger partial charge in [0.1, 0.15) is 5.75 Å². The van der Waals surface area contributed by atoms with Crippen LogP contribution in [0.3, 0.4) is 0 Å². The maximum absolute atomic E-state index is 12.5. The lowest BCUT2D eigenvalue weighted by atomic mass is 10.1. The Morgan fingerprint density at radius 1 is 1.10 bits per heavy atom. The minimum absolute atomic E-state index is 0.161. The highest BCUT2D eigenvalue weighted by molar-refractivity contribution is 7.99. The van der Waals surface area contributed by atoms with Gasteiger partial charge >= 0.3 is 0 Å². The summed E-state index contributed by atoms with van der Waals surface area (Å²) in [5, 5.41) is 9.58. The van der Waals surface area contributed by atoms with Crippen LogP contribution in [0.4, 0.5) is 0 Å². The lowest BCUT2D eigenvalue weighted by molar-refractivity contribution is -0.127. The third-order valence-electron chi connectivity index (χ3n) is 5.02. The fourth-order valence-electron chi connectivity index (χ4n) is 3.48. The lowest BCUT2D eigenvalue weighted by Crippen LogP contribution is -2.29. The standard InChI is InChI=1S/C22H24N4O2S/c1-16-6-5-7-17(14-16)21-23-24-22(29-15-20(27)25-12-3-4-13-25)26(21)18-8-10-19(28-2)11-9-18/h5-11,14H,3-4,12-13,15H2,1-2H3. The van der Waals surface area contributed by atoms with Gasteiger partial charge < -0.3 is 9.64 Å². The van der Waals surface area contributed by atoms with E-state index < -0.39 is 0 Å². The summed E-state index contributed by atoms with van der Waals surface area (Å²) in [6.07, 6.45) is 2.19. The Morgan fingerprint density at radius 2 is 1.86 bits per heavy atom. The number of likely N-dealkylation sites (tertiary alicyclic amines) is 1. The Hall–Kier alpha value is -2.80. The van der Waals surface area contributed by atoms with Gasteiger partial charge in [-0.25, -0.2) is 0 Å². The van der Waals surface area contributed by atoms with Crippen molar-refractivity contribution in [3.63, 3.8) is 0 Å². The molecule has 4 rings (SSSR count). The van der Waals surface area contributed by atoms with E-state index in [9.17, 15) is 4.79 Å². The second kappa shape index (κ2) is 8.69. The van der Waals surface area contributed by atoms with Crippen molar-refractivity contribution >= 4 is 17.7 Å². The summed E-state index contributed by atoms with van der Waals surface area (Å²) in [5.41, 5.74) is 3.08. The molecular formula is C22H24N4O2S. The van der Waals surface area contributed by atoms with Crippen molar-refractivity contribution in [3.05, 3.63) is 54.1 Å². The molecule has 0 N–H and O–H groups in total. The zero-order valence-corrected chi connectivity index (χ0v) is 17.5. The van der Waals surface area contributed by atoms with Crippen LogP contribution in [0.15, 0.2) is 53.7 Å². The number of thioether (sulfide) groups is 1. The molecule has 0 unspecified atom stereocenters. The highest BCUT2D eigenvalue weighted by atomic mass is 32.2. The number of aromatic nitrogens is 3. The number of aryl methyl sites for hydroxylation is 1. The van der Waals surface area contributed by atoms with Gasteiger partial charge in [-0.3, -0.25) is 9.36 Å². The number of hydrogen-bond acceptors (Lipinski definition) is 5. The van der Waals surface area contributed by atoms with Crippen LogP contribution in [-0.2, 0) is 4.79 Å². The van der Waals surface area contributed by atoms with Crippen LogP contribution in [0, 0.1) is 6.92 Å². The van der Waals surface area contributed by atoms with Crippen molar-refractivity contribution in [1.82, 2.24) is 19.7 Å². The Balaban J connectivity index is 1.67. The predicted molar refractivity (Wildman–Crippen MR) is 115 cm³/mol. The number of amides is 1. The first-order valence-electron chi connectivity index (χ1n) is 9.73. The highest BCUT2D eigenvalue weighted by Crippen LogP contribution is 2.29. The molecule has 1 fully saturated rings. The van der Waals surface area contributed by atoms with Gasteiger partial charge in [-0.15, -0.1) is 10.2 Å². The lowest BCUT2D eigenvalue weighted by Gasteiger charge is -2.15. The summed E-state index contributed by atoms with van der Waals surface area (Å²) >= 11 is 1.43. The maximum atomic E-state index is 12.5. The molecule has 0 atom stereocenters. The zero-order chi connectivity index (χ0) is 20.2. The summed E-state index contributed by atoms with van der Waals surface area (Å²) in [7, 11) is 1.65. The molecule has 0 saturated carbocycles. The molecule has 1 saturated heterocycles. The maximum Gasteiger partial charge on any atom is 0.233 e. The van der Waals surface area contributed by atoms with Crippen LogP contribution in [0.5, 0.6) is 5.75 Å². The van der Waals surface area contributed by atoms with Crippen molar-refractivity contribution < 1.29 is 9.53 Å². The number of carbonyl (C=O) groups excluding carboxylic acids is 1. The summed E-state index contributed by atoms with van der Waals surface area (Å²) in [6.45, 7) is 3.78. The van der Waals surface area contributed by atoms with Crippen LogP contribution in [0.1, 0.15) is 18.4 Å². The molecule has 0 radical (unpaired) electrons. The highest BCUT2D eigenvalue weighted by Gasteiger charge is 2.21. The normalized spacial score (nSPS) is 13.7. The predicted octanol–water partition coefficient (Wildman–Crippen LogP) is 3.97. The van der Waals surface area contributed by atoms with E-state index in [0.717, 1.165) is 54.3 Å². The van der Waals surface area contributed by atoms with E-state index in [1.54, 1.807) is 7.11 Å². The number of nitrogens with zero attached hydrogens (tertiary/aromatic N) is 4. The number of hydrogen-bond donors (Lipinski definition) is 0. The second-order valence-electron chi connectivity index (χ2n) is 7.09. The van der Waals surface area contributed by atoms with Crippen LogP contribution in [0.25, 0.3) is 17.1 Å². The Morgan fingerprint density at radius 3 is 2.55 bits per heavy atom. The molecule has 1 amide bonds. The first-order chi connectivity index (χ1) is 14.2. The molecule has 29 heavy (non-hydrogen) atoms. The fourth-order valence-corrected chi connectivity index (χ4v) is 4.34. The molecule has 2 aromatic carbocycles. The number of ether oxygens (including phenoxy) is 1. The first kappa shape index (κ1) is 19.5. The van der Waals surface area contributed by atoms with E-state index in [1.165, 1.54) is 11.8 Å². The Kier molecular flexibility index (Phi) is 5.85. The van der Waals surface area contributed by atoms with Gasteiger partial charge in [0.05, 0.1) is 12.9 Å². The summed E-state index contributed by atoms with van der Waals surface area (Å²) in [5.74, 6) is 2.07. The third-order valence-corrected chi connectivity index (χ3v) is 5.94. The number of methoxy groups -OCH3 is 1. The van der Waals surface area contributed by atoms with Crippen LogP contribution in [0.2, 0.25) is 0 Å². The van der Waals surface area contributed by atoms with E-state index >= 15 is 0 Å². The van der Waals surface area contributed by atoms with E-state index in [2.05, 4.69) is 29.3 Å². The van der Waals surface area contributed by atoms with Crippen molar-refractivity contribution in [2.45, 2.75) is 24.9 Å². The first-order valence-corrected chi connectivity index (χ1v) is 10.7. The average Bonchev–Trinajstić information content (AvgIpc) is 3.42. The zero-order valence-electron chi connectivity index (χ0n) is 16.7. The quantitative estimate of drug-likeness (QED) is 0.578. The van der Waals surface area contributed by atoms with E-state index in [0.29, 0.717) is 10.9 Å². The minimum Gasteiger partial charge on any atom is -0.497 e. The third kappa shape index (κ3) is 4.29. The molecule has 6 nitrogen and oxygen atoms in total. The van der Waals surface area contributed by atoms with E-state index in [-0.39, 0.29) is 5.91 Å². The van der Waals surface area contributed by atoms with Crippen molar-refractivity contribution in [3.8, 4) is 22.8 Å².